The van der Waals surface area contributed by atoms with Crippen molar-refractivity contribution in [2.24, 2.45) is 5.73 Å². The Bertz CT molecular complexity index is 521. The molecule has 2 heteroatoms. The van der Waals surface area contributed by atoms with E-state index < -0.39 is 0 Å². The third kappa shape index (κ3) is 2.37. The van der Waals surface area contributed by atoms with E-state index in [1.807, 2.05) is 0 Å². The Kier molecular flexibility index (Phi) is 3.25. The van der Waals surface area contributed by atoms with Crippen LogP contribution in [0.1, 0.15) is 37.9 Å². The molecule has 0 saturated carbocycles. The van der Waals surface area contributed by atoms with E-state index in [0.29, 0.717) is 6.04 Å². The second-order valence-electron chi connectivity index (χ2n) is 5.35. The Morgan fingerprint density at radius 2 is 1.94 bits per heavy atom. The van der Waals surface area contributed by atoms with Gasteiger partial charge in [-0.2, -0.15) is 0 Å². The highest BCUT2D eigenvalue weighted by Crippen LogP contribution is 2.25. The van der Waals surface area contributed by atoms with Crippen molar-refractivity contribution in [3.63, 3.8) is 0 Å². The molecule has 17 heavy (non-hydrogen) atoms. The molecule has 0 bridgehead atoms. The predicted octanol–water partition coefficient (Wildman–Crippen LogP) is 3.42. The van der Waals surface area contributed by atoms with Crippen LogP contribution in [0, 0.1) is 6.92 Å². The van der Waals surface area contributed by atoms with Crippen LogP contribution in [0.2, 0.25) is 0 Å². The summed E-state index contributed by atoms with van der Waals surface area (Å²) in [6.07, 6.45) is 3.19. The first kappa shape index (κ1) is 12.2. The third-order valence-corrected chi connectivity index (χ3v) is 3.21. The fraction of sp³-hybridized carbons (Fsp3) is 0.467. The standard InChI is InChI=1S/C15H22N2/c1-10(2)17-9-11(3)14-8-13(7-12(4)16)5-6-15(14)17/h5-6,8-10,12H,7,16H2,1-4H3. The van der Waals surface area contributed by atoms with Gasteiger partial charge in [0.25, 0.3) is 0 Å². The zero-order chi connectivity index (χ0) is 12.6. The van der Waals surface area contributed by atoms with Gasteiger partial charge in [0.05, 0.1) is 0 Å². The first-order valence-electron chi connectivity index (χ1n) is 6.34. The summed E-state index contributed by atoms with van der Waals surface area (Å²) in [5.74, 6) is 0. The Labute approximate surface area is 103 Å². The van der Waals surface area contributed by atoms with Crippen molar-refractivity contribution in [1.82, 2.24) is 4.57 Å². The summed E-state index contributed by atoms with van der Waals surface area (Å²) in [6, 6.07) is 7.43. The smallest absolute Gasteiger partial charge is 0.0485 e. The van der Waals surface area contributed by atoms with Crippen LogP contribution in [0.3, 0.4) is 0 Å². The number of nitrogens with two attached hydrogens (primary N) is 1. The van der Waals surface area contributed by atoms with E-state index in [-0.39, 0.29) is 6.04 Å². The fourth-order valence-corrected chi connectivity index (χ4v) is 2.40. The molecule has 2 rings (SSSR count). The summed E-state index contributed by atoms with van der Waals surface area (Å²) < 4.78 is 2.33. The van der Waals surface area contributed by atoms with Crippen molar-refractivity contribution >= 4 is 10.9 Å². The number of aromatic nitrogens is 1. The molecule has 1 unspecified atom stereocenters. The van der Waals surface area contributed by atoms with E-state index in [1.54, 1.807) is 0 Å². The summed E-state index contributed by atoms with van der Waals surface area (Å²) in [5.41, 5.74) is 9.86. The lowest BCUT2D eigenvalue weighted by Crippen LogP contribution is -2.17. The molecule has 1 atom stereocenters. The normalized spacial score (nSPS) is 13.5. The van der Waals surface area contributed by atoms with Gasteiger partial charge in [0.2, 0.25) is 0 Å². The van der Waals surface area contributed by atoms with Crippen LogP contribution in [-0.2, 0) is 6.42 Å². The molecule has 0 amide bonds. The zero-order valence-electron chi connectivity index (χ0n) is 11.2. The van der Waals surface area contributed by atoms with Crippen LogP contribution in [0.25, 0.3) is 10.9 Å². The van der Waals surface area contributed by atoms with Gasteiger partial charge >= 0.3 is 0 Å². The molecule has 0 aliphatic carbocycles. The average molecular weight is 230 g/mol. The molecule has 2 aromatic rings. The van der Waals surface area contributed by atoms with Crippen LogP contribution in [0.15, 0.2) is 24.4 Å². The molecule has 0 saturated heterocycles. The number of aryl methyl sites for hydroxylation is 1. The molecule has 0 aliphatic rings. The van der Waals surface area contributed by atoms with Gasteiger partial charge < -0.3 is 10.3 Å². The number of rotatable bonds is 3. The molecule has 0 fully saturated rings. The Hall–Kier alpha value is -1.28. The van der Waals surface area contributed by atoms with Gasteiger partial charge in [-0.05, 0) is 57.4 Å². The van der Waals surface area contributed by atoms with Crippen LogP contribution in [-0.4, -0.2) is 10.6 Å². The van der Waals surface area contributed by atoms with Crippen LogP contribution in [0.5, 0.6) is 0 Å². The lowest BCUT2D eigenvalue weighted by molar-refractivity contribution is 0.622. The first-order valence-corrected chi connectivity index (χ1v) is 6.34. The maximum absolute atomic E-state index is 5.85. The quantitative estimate of drug-likeness (QED) is 0.860. The number of fused-ring (bicyclic) bond motifs is 1. The van der Waals surface area contributed by atoms with Gasteiger partial charge in [-0.3, -0.25) is 0 Å². The Morgan fingerprint density at radius 1 is 1.24 bits per heavy atom. The molecule has 1 aromatic heterocycles. The third-order valence-electron chi connectivity index (χ3n) is 3.21. The lowest BCUT2D eigenvalue weighted by atomic mass is 10.0. The van der Waals surface area contributed by atoms with Gasteiger partial charge in [0, 0.05) is 29.2 Å². The maximum atomic E-state index is 5.85. The Balaban J connectivity index is 2.51. The van der Waals surface area contributed by atoms with E-state index in [9.17, 15) is 0 Å². The van der Waals surface area contributed by atoms with Gasteiger partial charge in [0.1, 0.15) is 0 Å². The molecule has 2 nitrogen and oxygen atoms in total. The molecule has 1 heterocycles. The number of hydrogen-bond donors (Lipinski definition) is 1. The van der Waals surface area contributed by atoms with E-state index in [1.165, 1.54) is 22.0 Å². The Morgan fingerprint density at radius 3 is 2.53 bits per heavy atom. The van der Waals surface area contributed by atoms with Crippen molar-refractivity contribution < 1.29 is 0 Å². The summed E-state index contributed by atoms with van der Waals surface area (Å²) >= 11 is 0. The highest BCUT2D eigenvalue weighted by atomic mass is 15.0. The first-order chi connectivity index (χ1) is 7.99. The molecule has 1 aromatic carbocycles. The molecular weight excluding hydrogens is 208 g/mol. The van der Waals surface area contributed by atoms with Crippen LogP contribution < -0.4 is 5.73 Å². The second-order valence-corrected chi connectivity index (χ2v) is 5.35. The highest BCUT2D eigenvalue weighted by Gasteiger charge is 2.08. The second kappa shape index (κ2) is 4.53. The van der Waals surface area contributed by atoms with E-state index in [4.69, 9.17) is 5.73 Å². The number of nitrogens with zero attached hydrogens (tertiary/aromatic N) is 1. The largest absolute Gasteiger partial charge is 0.345 e. The summed E-state index contributed by atoms with van der Waals surface area (Å²) in [6.45, 7) is 8.66. The maximum Gasteiger partial charge on any atom is 0.0485 e. The number of hydrogen-bond acceptors (Lipinski definition) is 1. The van der Waals surface area contributed by atoms with Gasteiger partial charge in [0.15, 0.2) is 0 Å². The summed E-state index contributed by atoms with van der Waals surface area (Å²) in [7, 11) is 0. The van der Waals surface area contributed by atoms with E-state index in [2.05, 4.69) is 56.7 Å². The van der Waals surface area contributed by atoms with Crippen molar-refractivity contribution in [2.75, 3.05) is 0 Å². The minimum absolute atomic E-state index is 0.222. The topological polar surface area (TPSA) is 30.9 Å². The summed E-state index contributed by atoms with van der Waals surface area (Å²) in [4.78, 5) is 0. The van der Waals surface area contributed by atoms with Crippen LogP contribution in [0.4, 0.5) is 0 Å². The molecule has 92 valence electrons. The molecular formula is C15H22N2. The van der Waals surface area contributed by atoms with Gasteiger partial charge in [-0.1, -0.05) is 6.07 Å². The molecule has 0 spiro atoms. The molecule has 2 N–H and O–H groups in total. The zero-order valence-corrected chi connectivity index (χ0v) is 11.2. The molecule has 0 radical (unpaired) electrons. The van der Waals surface area contributed by atoms with Gasteiger partial charge in [-0.15, -0.1) is 0 Å². The van der Waals surface area contributed by atoms with Crippen molar-refractivity contribution in [3.05, 3.63) is 35.5 Å². The molecule has 0 aliphatic heterocycles. The SMILES string of the molecule is Cc1cn(C(C)C)c2ccc(CC(C)N)cc12. The van der Waals surface area contributed by atoms with Crippen molar-refractivity contribution in [1.29, 1.82) is 0 Å². The van der Waals surface area contributed by atoms with E-state index >= 15 is 0 Å². The minimum atomic E-state index is 0.222. The highest BCUT2D eigenvalue weighted by molar-refractivity contribution is 5.84. The van der Waals surface area contributed by atoms with Crippen molar-refractivity contribution in [3.8, 4) is 0 Å². The lowest BCUT2D eigenvalue weighted by Gasteiger charge is -2.10. The summed E-state index contributed by atoms with van der Waals surface area (Å²) in [5, 5.41) is 1.36. The van der Waals surface area contributed by atoms with Gasteiger partial charge in [-0.25, -0.2) is 0 Å². The minimum Gasteiger partial charge on any atom is -0.345 e. The predicted molar refractivity (Wildman–Crippen MR) is 74.4 cm³/mol. The monoisotopic (exact) mass is 230 g/mol. The number of benzene rings is 1. The van der Waals surface area contributed by atoms with E-state index in [0.717, 1.165) is 6.42 Å². The van der Waals surface area contributed by atoms with Crippen LogP contribution >= 0.6 is 0 Å². The fourth-order valence-electron chi connectivity index (χ4n) is 2.40. The average Bonchev–Trinajstić information content (AvgIpc) is 2.55. The van der Waals surface area contributed by atoms with Crippen molar-refractivity contribution in [2.45, 2.75) is 46.2 Å².